The lowest BCUT2D eigenvalue weighted by Gasteiger charge is -2.16. The number of hydrogen-bond donors (Lipinski definition) is 1. The standard InChI is InChI=1S/C15H12BrN3O5/c1-7-4-8(9(6-17)15(20)18-7)12-13(16)10(19(21)22)5-11(23-2)14(12)24-3/h4-5H,1-3H3,(H,18,20). The monoisotopic (exact) mass is 393 g/mol. The molecule has 0 saturated heterocycles. The van der Waals surface area contributed by atoms with Crippen LogP contribution in [0.25, 0.3) is 11.1 Å². The molecule has 0 amide bonds. The van der Waals surface area contributed by atoms with E-state index in [1.807, 2.05) is 6.07 Å². The minimum atomic E-state index is -0.596. The minimum absolute atomic E-state index is 0.0895. The van der Waals surface area contributed by atoms with Crippen LogP contribution in [-0.4, -0.2) is 24.1 Å². The molecular formula is C15H12BrN3O5. The zero-order chi connectivity index (χ0) is 18.0. The number of aromatic amines is 1. The maximum atomic E-state index is 12.1. The lowest BCUT2D eigenvalue weighted by Crippen LogP contribution is -2.13. The second-order valence-corrected chi connectivity index (χ2v) is 5.55. The summed E-state index contributed by atoms with van der Waals surface area (Å²) in [5, 5.41) is 20.6. The molecule has 8 nitrogen and oxygen atoms in total. The number of ether oxygens (including phenoxy) is 2. The molecule has 1 N–H and O–H groups in total. The number of nitrogens with one attached hydrogen (secondary N) is 1. The Balaban J connectivity index is 3.04. The molecule has 0 radical (unpaired) electrons. The number of nitrogens with zero attached hydrogens (tertiary/aromatic N) is 2. The number of benzene rings is 1. The van der Waals surface area contributed by atoms with Crippen LogP contribution in [0.3, 0.4) is 0 Å². The van der Waals surface area contributed by atoms with E-state index in [0.29, 0.717) is 5.69 Å². The van der Waals surface area contributed by atoms with Gasteiger partial charge in [-0.3, -0.25) is 14.9 Å². The summed E-state index contributed by atoms with van der Waals surface area (Å²) in [4.78, 5) is 25.3. The molecule has 9 heteroatoms. The Morgan fingerprint density at radius 1 is 1.33 bits per heavy atom. The Kier molecular flexibility index (Phi) is 4.90. The number of halogens is 1. The number of hydrogen-bond acceptors (Lipinski definition) is 6. The fourth-order valence-electron chi connectivity index (χ4n) is 2.33. The van der Waals surface area contributed by atoms with Crippen LogP contribution in [0.2, 0.25) is 0 Å². The van der Waals surface area contributed by atoms with Gasteiger partial charge in [-0.2, -0.15) is 5.26 Å². The Hall–Kier alpha value is -2.86. The highest BCUT2D eigenvalue weighted by molar-refractivity contribution is 9.10. The molecule has 0 aliphatic heterocycles. The lowest BCUT2D eigenvalue weighted by atomic mass is 9.99. The van der Waals surface area contributed by atoms with Crippen LogP contribution >= 0.6 is 15.9 Å². The van der Waals surface area contributed by atoms with Gasteiger partial charge in [0, 0.05) is 11.3 Å². The first-order valence-electron chi connectivity index (χ1n) is 6.58. The van der Waals surface area contributed by atoms with Crippen LogP contribution in [0.5, 0.6) is 11.5 Å². The quantitative estimate of drug-likeness (QED) is 0.629. The van der Waals surface area contributed by atoms with Crippen LogP contribution in [-0.2, 0) is 0 Å². The van der Waals surface area contributed by atoms with Gasteiger partial charge in [-0.1, -0.05) is 0 Å². The minimum Gasteiger partial charge on any atom is -0.493 e. The van der Waals surface area contributed by atoms with Crippen LogP contribution in [0.1, 0.15) is 11.3 Å². The molecule has 2 aromatic rings. The van der Waals surface area contributed by atoms with Gasteiger partial charge < -0.3 is 14.5 Å². The highest BCUT2D eigenvalue weighted by Gasteiger charge is 2.27. The third-order valence-corrected chi connectivity index (χ3v) is 4.14. The summed E-state index contributed by atoms with van der Waals surface area (Å²) in [6.45, 7) is 1.64. The third-order valence-electron chi connectivity index (χ3n) is 3.33. The number of aromatic nitrogens is 1. The number of H-pyrrole nitrogens is 1. The van der Waals surface area contributed by atoms with E-state index in [2.05, 4.69) is 20.9 Å². The molecule has 0 spiro atoms. The topological polar surface area (TPSA) is 118 Å². The largest absolute Gasteiger partial charge is 0.493 e. The number of aryl methyl sites for hydroxylation is 1. The molecule has 0 unspecified atom stereocenters. The van der Waals surface area contributed by atoms with Crippen molar-refractivity contribution in [3.8, 4) is 28.7 Å². The first kappa shape index (κ1) is 17.5. The normalized spacial score (nSPS) is 10.1. The van der Waals surface area contributed by atoms with Crippen molar-refractivity contribution < 1.29 is 14.4 Å². The number of nitro groups is 1. The Morgan fingerprint density at radius 2 is 2.00 bits per heavy atom. The van der Waals surface area contributed by atoms with Crippen molar-refractivity contribution in [2.45, 2.75) is 6.92 Å². The molecule has 2 rings (SSSR count). The first-order valence-corrected chi connectivity index (χ1v) is 7.38. The molecule has 0 aliphatic rings. The summed E-state index contributed by atoms with van der Waals surface area (Å²) < 4.78 is 10.6. The number of methoxy groups -OCH3 is 2. The van der Waals surface area contributed by atoms with E-state index in [9.17, 15) is 20.2 Å². The van der Waals surface area contributed by atoms with Gasteiger partial charge >= 0.3 is 0 Å². The van der Waals surface area contributed by atoms with Crippen molar-refractivity contribution in [1.82, 2.24) is 4.98 Å². The molecule has 24 heavy (non-hydrogen) atoms. The summed E-state index contributed by atoms with van der Waals surface area (Å²) in [5.74, 6) is 0.292. The fraction of sp³-hybridized carbons (Fsp3) is 0.200. The van der Waals surface area contributed by atoms with E-state index < -0.39 is 10.5 Å². The number of nitriles is 1. The van der Waals surface area contributed by atoms with Crippen LogP contribution < -0.4 is 15.0 Å². The van der Waals surface area contributed by atoms with Gasteiger partial charge in [-0.15, -0.1) is 0 Å². The van der Waals surface area contributed by atoms with E-state index in [-0.39, 0.29) is 38.3 Å². The Labute approximate surface area is 144 Å². The molecule has 1 aromatic heterocycles. The van der Waals surface area contributed by atoms with Crippen molar-refractivity contribution >= 4 is 21.6 Å². The molecule has 0 bridgehead atoms. The van der Waals surface area contributed by atoms with E-state index in [0.717, 1.165) is 0 Å². The van der Waals surface area contributed by atoms with Gasteiger partial charge in [0.15, 0.2) is 11.5 Å². The molecule has 1 aromatic carbocycles. The van der Waals surface area contributed by atoms with Crippen molar-refractivity contribution in [2.24, 2.45) is 0 Å². The van der Waals surface area contributed by atoms with E-state index in [1.165, 1.54) is 20.3 Å². The summed E-state index contributed by atoms with van der Waals surface area (Å²) in [6, 6.07) is 4.58. The van der Waals surface area contributed by atoms with Crippen LogP contribution in [0.4, 0.5) is 5.69 Å². The van der Waals surface area contributed by atoms with Gasteiger partial charge in [0.1, 0.15) is 16.1 Å². The van der Waals surface area contributed by atoms with Gasteiger partial charge in [0.2, 0.25) is 0 Å². The van der Waals surface area contributed by atoms with Crippen molar-refractivity contribution in [1.29, 1.82) is 5.26 Å². The zero-order valence-electron chi connectivity index (χ0n) is 13.0. The van der Waals surface area contributed by atoms with Crippen molar-refractivity contribution in [3.63, 3.8) is 0 Å². The second-order valence-electron chi connectivity index (χ2n) is 4.76. The smallest absolute Gasteiger partial charge is 0.288 e. The van der Waals surface area contributed by atoms with Crippen LogP contribution in [0.15, 0.2) is 21.4 Å². The number of rotatable bonds is 4. The van der Waals surface area contributed by atoms with Crippen molar-refractivity contribution in [3.05, 3.63) is 48.3 Å². The zero-order valence-corrected chi connectivity index (χ0v) is 14.6. The maximum Gasteiger partial charge on any atom is 0.288 e. The number of nitro benzene ring substituents is 1. The van der Waals surface area contributed by atoms with Gasteiger partial charge in [0.25, 0.3) is 11.2 Å². The number of pyridine rings is 1. The molecular weight excluding hydrogens is 382 g/mol. The van der Waals surface area contributed by atoms with Crippen LogP contribution in [0, 0.1) is 28.4 Å². The highest BCUT2D eigenvalue weighted by atomic mass is 79.9. The van der Waals surface area contributed by atoms with Gasteiger partial charge in [0.05, 0.1) is 30.8 Å². The molecule has 0 fully saturated rings. The molecule has 1 heterocycles. The fourth-order valence-corrected chi connectivity index (χ4v) is 2.98. The maximum absolute atomic E-state index is 12.1. The SMILES string of the molecule is COc1cc([N+](=O)[O-])c(Br)c(-c2cc(C)[nH]c(=O)c2C#N)c1OC. The first-order chi connectivity index (χ1) is 11.3. The third kappa shape index (κ3) is 2.83. The molecule has 0 saturated carbocycles. The molecule has 124 valence electrons. The summed E-state index contributed by atoms with van der Waals surface area (Å²) in [5.41, 5.74) is -0.134. The predicted octanol–water partition coefficient (Wildman–Crippen LogP) is 2.91. The predicted molar refractivity (Wildman–Crippen MR) is 89.4 cm³/mol. The van der Waals surface area contributed by atoms with E-state index in [4.69, 9.17) is 9.47 Å². The molecule has 0 atom stereocenters. The van der Waals surface area contributed by atoms with Gasteiger partial charge in [-0.25, -0.2) is 0 Å². The lowest BCUT2D eigenvalue weighted by molar-refractivity contribution is -0.385. The Morgan fingerprint density at radius 3 is 2.50 bits per heavy atom. The van der Waals surface area contributed by atoms with E-state index >= 15 is 0 Å². The highest BCUT2D eigenvalue weighted by Crippen LogP contribution is 2.48. The average molecular weight is 394 g/mol. The summed E-state index contributed by atoms with van der Waals surface area (Å²) in [6.07, 6.45) is 0. The molecule has 0 aliphatic carbocycles. The summed E-state index contributed by atoms with van der Waals surface area (Å²) >= 11 is 3.19. The van der Waals surface area contributed by atoms with Gasteiger partial charge in [-0.05, 0) is 28.9 Å². The second kappa shape index (κ2) is 6.72. The van der Waals surface area contributed by atoms with E-state index in [1.54, 1.807) is 13.0 Å². The summed E-state index contributed by atoms with van der Waals surface area (Å²) in [7, 11) is 2.71. The Bertz CT molecular complexity index is 930. The average Bonchev–Trinajstić information content (AvgIpc) is 2.53. The van der Waals surface area contributed by atoms with Crippen molar-refractivity contribution in [2.75, 3.05) is 14.2 Å².